The van der Waals surface area contributed by atoms with Gasteiger partial charge in [-0.2, -0.15) is 0 Å². The van der Waals surface area contributed by atoms with Crippen LogP contribution in [-0.2, 0) is 11.2 Å². The molecule has 8 nitrogen and oxygen atoms in total. The van der Waals surface area contributed by atoms with Crippen LogP contribution >= 0.6 is 34.8 Å². The second kappa shape index (κ2) is 11.3. The first kappa shape index (κ1) is 28.8. The summed E-state index contributed by atoms with van der Waals surface area (Å²) < 4.78 is 26.8. The standard InChI is InChI=1S/C29H33Cl3N2O6/c1-28(2,3)40-27(35)33-10-5-6-12-37-25-21(36-4)8-7-18-13-20-19-15-23-22(38-16-39-23)14-17(19)9-11-34(20)26(24(18)25)29(30,31)32/h7-8,13-15,26H,5-6,9-12,16H2,1-4H3,(H,33,35). The highest BCUT2D eigenvalue weighted by Crippen LogP contribution is 2.56. The zero-order valence-electron chi connectivity index (χ0n) is 22.9. The van der Waals surface area contributed by atoms with Crippen molar-refractivity contribution >= 4 is 52.7 Å². The van der Waals surface area contributed by atoms with E-state index in [0.717, 1.165) is 40.1 Å². The molecule has 1 amide bonds. The van der Waals surface area contributed by atoms with E-state index < -0.39 is 21.5 Å². The first-order chi connectivity index (χ1) is 19.0. The van der Waals surface area contributed by atoms with Gasteiger partial charge in [0.1, 0.15) is 11.6 Å². The van der Waals surface area contributed by atoms with Gasteiger partial charge < -0.3 is 33.9 Å². The number of hydrogen-bond donors (Lipinski definition) is 1. The van der Waals surface area contributed by atoms with Crippen LogP contribution in [0.5, 0.6) is 23.0 Å². The SMILES string of the molecule is COc1ccc2c(c1OCCCCNC(=O)OC(C)(C)C)C(C(Cl)(Cl)Cl)N1CCc3cc4c(cc3C1=C2)OCO4. The van der Waals surface area contributed by atoms with Gasteiger partial charge in [-0.05, 0) is 75.4 Å². The zero-order chi connectivity index (χ0) is 28.7. The van der Waals surface area contributed by atoms with Gasteiger partial charge in [0, 0.05) is 29.9 Å². The Hall–Kier alpha value is -2.68. The van der Waals surface area contributed by atoms with E-state index in [1.807, 2.05) is 45.0 Å². The molecule has 2 aromatic carbocycles. The number of methoxy groups -OCH3 is 1. The van der Waals surface area contributed by atoms with Gasteiger partial charge in [0.25, 0.3) is 0 Å². The molecule has 0 aromatic heterocycles. The van der Waals surface area contributed by atoms with Crippen LogP contribution in [0.15, 0.2) is 24.3 Å². The Kier molecular flexibility index (Phi) is 8.15. The Morgan fingerprint density at radius 1 is 1.12 bits per heavy atom. The first-order valence-corrected chi connectivity index (χ1v) is 14.4. The summed E-state index contributed by atoms with van der Waals surface area (Å²) in [4.78, 5) is 14.0. The predicted molar refractivity (Wildman–Crippen MR) is 156 cm³/mol. The van der Waals surface area contributed by atoms with Crippen molar-refractivity contribution in [2.75, 3.05) is 33.6 Å². The molecular weight excluding hydrogens is 579 g/mol. The number of benzene rings is 2. The van der Waals surface area contributed by atoms with Gasteiger partial charge in [0.2, 0.25) is 10.6 Å². The Morgan fingerprint density at radius 3 is 2.58 bits per heavy atom. The summed E-state index contributed by atoms with van der Waals surface area (Å²) in [5.41, 5.74) is 4.24. The zero-order valence-corrected chi connectivity index (χ0v) is 25.2. The molecule has 0 bridgehead atoms. The Balaban J connectivity index is 1.40. The molecule has 1 atom stereocenters. The normalized spacial score (nSPS) is 17.3. The molecule has 2 aromatic rings. The molecule has 5 rings (SSSR count). The molecule has 1 N–H and O–H groups in total. The number of nitrogens with zero attached hydrogens (tertiary/aromatic N) is 1. The maximum absolute atomic E-state index is 11.9. The van der Waals surface area contributed by atoms with Crippen molar-refractivity contribution in [3.63, 3.8) is 0 Å². The van der Waals surface area contributed by atoms with E-state index in [2.05, 4.69) is 16.3 Å². The summed E-state index contributed by atoms with van der Waals surface area (Å²) in [5.74, 6) is 2.56. The lowest BCUT2D eigenvalue weighted by atomic mass is 9.86. The highest BCUT2D eigenvalue weighted by atomic mass is 35.6. The quantitative estimate of drug-likeness (QED) is 0.270. The maximum Gasteiger partial charge on any atom is 0.407 e. The number of amides is 1. The molecule has 0 aliphatic carbocycles. The van der Waals surface area contributed by atoms with Crippen LogP contribution in [0.25, 0.3) is 11.8 Å². The van der Waals surface area contributed by atoms with Crippen molar-refractivity contribution in [3.8, 4) is 23.0 Å². The van der Waals surface area contributed by atoms with E-state index in [0.29, 0.717) is 49.8 Å². The van der Waals surface area contributed by atoms with Crippen molar-refractivity contribution < 1.29 is 28.5 Å². The van der Waals surface area contributed by atoms with Crippen LogP contribution in [0.3, 0.4) is 0 Å². The van der Waals surface area contributed by atoms with Crippen molar-refractivity contribution in [2.45, 2.75) is 55.5 Å². The van der Waals surface area contributed by atoms with Gasteiger partial charge in [-0.25, -0.2) is 4.79 Å². The highest BCUT2D eigenvalue weighted by Gasteiger charge is 2.46. The fraction of sp³-hybridized carbons (Fsp3) is 0.483. The number of halogens is 3. The summed E-state index contributed by atoms with van der Waals surface area (Å²) in [6.45, 7) is 7.19. The van der Waals surface area contributed by atoms with E-state index in [1.54, 1.807) is 7.11 Å². The molecule has 11 heteroatoms. The molecule has 3 heterocycles. The Labute approximate surface area is 249 Å². The third-order valence-electron chi connectivity index (χ3n) is 6.89. The van der Waals surface area contributed by atoms with Crippen LogP contribution < -0.4 is 24.3 Å². The van der Waals surface area contributed by atoms with Crippen molar-refractivity contribution in [1.82, 2.24) is 10.2 Å². The molecule has 216 valence electrons. The molecule has 0 saturated heterocycles. The van der Waals surface area contributed by atoms with Gasteiger partial charge in [-0.1, -0.05) is 40.9 Å². The molecule has 0 fully saturated rings. The number of alkyl halides is 3. The number of unbranched alkanes of at least 4 members (excludes halogenated alkanes) is 1. The second-order valence-corrected chi connectivity index (χ2v) is 13.2. The van der Waals surface area contributed by atoms with Crippen molar-refractivity contribution in [1.29, 1.82) is 0 Å². The summed E-state index contributed by atoms with van der Waals surface area (Å²) in [7, 11) is 1.59. The third kappa shape index (κ3) is 5.99. The van der Waals surface area contributed by atoms with E-state index >= 15 is 0 Å². The first-order valence-electron chi connectivity index (χ1n) is 13.2. The van der Waals surface area contributed by atoms with E-state index in [4.69, 9.17) is 58.5 Å². The smallest absolute Gasteiger partial charge is 0.407 e. The van der Waals surface area contributed by atoms with Gasteiger partial charge in [0.05, 0.1) is 13.7 Å². The van der Waals surface area contributed by atoms with Crippen LogP contribution in [0.2, 0.25) is 0 Å². The average Bonchev–Trinajstić information content (AvgIpc) is 3.33. The van der Waals surface area contributed by atoms with Crippen LogP contribution in [0.4, 0.5) is 4.79 Å². The third-order valence-corrected chi connectivity index (χ3v) is 7.51. The number of hydrogen-bond acceptors (Lipinski definition) is 7. The minimum atomic E-state index is -1.66. The topological polar surface area (TPSA) is 78.5 Å². The lowest BCUT2D eigenvalue weighted by molar-refractivity contribution is 0.0526. The van der Waals surface area contributed by atoms with E-state index in [-0.39, 0.29) is 6.79 Å². The fourth-order valence-electron chi connectivity index (χ4n) is 5.24. The summed E-state index contributed by atoms with van der Waals surface area (Å²) in [6.07, 6.45) is 3.80. The number of ether oxygens (including phenoxy) is 5. The average molecular weight is 612 g/mol. The van der Waals surface area contributed by atoms with Gasteiger partial charge >= 0.3 is 6.09 Å². The Bertz CT molecular complexity index is 1320. The van der Waals surface area contributed by atoms with E-state index in [9.17, 15) is 4.79 Å². The highest BCUT2D eigenvalue weighted by molar-refractivity contribution is 6.68. The molecule has 3 aliphatic rings. The minimum Gasteiger partial charge on any atom is -0.493 e. The molecule has 40 heavy (non-hydrogen) atoms. The second-order valence-electron chi connectivity index (χ2n) is 10.9. The molecule has 1 unspecified atom stereocenters. The van der Waals surface area contributed by atoms with Gasteiger partial charge in [0.15, 0.2) is 23.0 Å². The molecular formula is C29H33Cl3N2O6. The van der Waals surface area contributed by atoms with E-state index in [1.165, 1.54) is 0 Å². The number of carbonyl (C=O) groups excluding carboxylic acids is 1. The summed E-state index contributed by atoms with van der Waals surface area (Å²) in [6, 6.07) is 7.24. The molecule has 0 radical (unpaired) electrons. The minimum absolute atomic E-state index is 0.207. The number of alkyl carbamates (subject to hydrolysis) is 1. The number of carbonyl (C=O) groups is 1. The summed E-state index contributed by atoms with van der Waals surface area (Å²) >= 11 is 20.1. The lowest BCUT2D eigenvalue weighted by Crippen LogP contribution is -2.41. The van der Waals surface area contributed by atoms with Gasteiger partial charge in [-0.3, -0.25) is 0 Å². The predicted octanol–water partition coefficient (Wildman–Crippen LogP) is 6.89. The number of nitrogens with one attached hydrogen (secondary N) is 1. The van der Waals surface area contributed by atoms with Crippen LogP contribution in [-0.4, -0.2) is 54.0 Å². The fourth-order valence-corrected chi connectivity index (χ4v) is 5.92. The Morgan fingerprint density at radius 2 is 1.88 bits per heavy atom. The molecule has 0 saturated carbocycles. The van der Waals surface area contributed by atoms with Crippen molar-refractivity contribution in [3.05, 3.63) is 46.5 Å². The molecule has 3 aliphatic heterocycles. The van der Waals surface area contributed by atoms with Crippen LogP contribution in [0.1, 0.15) is 61.9 Å². The number of rotatable bonds is 7. The van der Waals surface area contributed by atoms with Crippen molar-refractivity contribution in [2.24, 2.45) is 0 Å². The van der Waals surface area contributed by atoms with Gasteiger partial charge in [-0.15, -0.1) is 0 Å². The largest absolute Gasteiger partial charge is 0.493 e. The number of fused-ring (bicyclic) bond motifs is 5. The summed E-state index contributed by atoms with van der Waals surface area (Å²) in [5, 5.41) is 2.77. The van der Waals surface area contributed by atoms with Crippen LogP contribution in [0, 0.1) is 0 Å². The lowest BCUT2D eigenvalue weighted by Gasteiger charge is -2.46. The maximum atomic E-state index is 11.9. The molecule has 0 spiro atoms. The monoisotopic (exact) mass is 610 g/mol.